The van der Waals surface area contributed by atoms with Gasteiger partial charge in [-0.25, -0.2) is 0 Å². The third kappa shape index (κ3) is 25.0. The van der Waals surface area contributed by atoms with Crippen molar-refractivity contribution < 1.29 is 39.5 Å². The highest BCUT2D eigenvalue weighted by Crippen LogP contribution is 2.36. The van der Waals surface area contributed by atoms with Crippen molar-refractivity contribution in [1.82, 2.24) is 0 Å². The smallest absolute Gasteiger partial charge is 0.309 e. The fraction of sp³-hybridized carbons (Fsp3) is 0.854. The zero-order chi connectivity index (χ0) is 36.1. The average molecular weight is 695 g/mol. The van der Waals surface area contributed by atoms with Gasteiger partial charge in [0.25, 0.3) is 0 Å². The third-order valence-electron chi connectivity index (χ3n) is 9.72. The molecule has 1 aliphatic rings. The van der Waals surface area contributed by atoms with E-state index in [1.54, 1.807) is 18.2 Å². The van der Waals surface area contributed by atoms with E-state index in [0.717, 1.165) is 44.4 Å². The van der Waals surface area contributed by atoms with Gasteiger partial charge in [0, 0.05) is 18.8 Å². The molecule has 286 valence electrons. The van der Waals surface area contributed by atoms with Crippen LogP contribution in [0.2, 0.25) is 0 Å². The number of esters is 2. The largest absolute Gasteiger partial charge is 0.463 e. The Balaban J connectivity index is 2.04. The Hall–Kier alpha value is -1.74. The van der Waals surface area contributed by atoms with E-state index in [2.05, 4.69) is 20.8 Å². The summed E-state index contributed by atoms with van der Waals surface area (Å²) < 4.78 is 10.3. The lowest BCUT2D eigenvalue weighted by Crippen LogP contribution is -2.25. The van der Waals surface area contributed by atoms with E-state index in [-0.39, 0.29) is 43.9 Å². The summed E-state index contributed by atoms with van der Waals surface area (Å²) in [7, 11) is 0. The lowest BCUT2D eigenvalue weighted by molar-refractivity contribution is -0.151. The second-order valence-corrected chi connectivity index (χ2v) is 14.9. The summed E-state index contributed by atoms with van der Waals surface area (Å²) in [5, 5.41) is 41.1. The van der Waals surface area contributed by atoms with Crippen molar-refractivity contribution in [2.75, 3.05) is 13.2 Å². The minimum Gasteiger partial charge on any atom is -0.463 e. The monoisotopic (exact) mass is 695 g/mol. The second kappa shape index (κ2) is 29.9. The van der Waals surface area contributed by atoms with E-state index in [1.807, 2.05) is 6.08 Å². The number of ether oxygens (including phenoxy) is 2. The van der Waals surface area contributed by atoms with Gasteiger partial charge in [-0.05, 0) is 31.1 Å². The Kier molecular flexibility index (Phi) is 27.7. The first-order chi connectivity index (χ1) is 23.6. The maximum Gasteiger partial charge on any atom is 0.309 e. The number of unbranched alkanes of at least 4 members (excludes halogenated alkanes) is 15. The van der Waals surface area contributed by atoms with E-state index >= 15 is 0 Å². The van der Waals surface area contributed by atoms with Crippen molar-refractivity contribution in [3.8, 4) is 0 Å². The molecule has 0 aromatic rings. The first-order valence-electron chi connectivity index (χ1n) is 20.0. The topological polar surface area (TPSA) is 134 Å². The quantitative estimate of drug-likeness (QED) is 0.0323. The summed E-state index contributed by atoms with van der Waals surface area (Å²) in [5.74, 6) is -0.487. The molecule has 1 rings (SSSR count). The minimum absolute atomic E-state index is 0.00724. The van der Waals surface area contributed by atoms with Gasteiger partial charge in [0.1, 0.15) is 19.3 Å². The second-order valence-electron chi connectivity index (χ2n) is 14.9. The molecular formula is C41H74O8. The fourth-order valence-electron chi connectivity index (χ4n) is 6.60. The van der Waals surface area contributed by atoms with Crippen LogP contribution in [0.15, 0.2) is 24.3 Å². The Morgan fingerprint density at radius 3 is 1.80 bits per heavy atom. The third-order valence-corrected chi connectivity index (χ3v) is 9.72. The Bertz CT molecular complexity index is 872. The maximum absolute atomic E-state index is 12.1. The number of allylic oxidation sites excluding steroid dienone is 1. The van der Waals surface area contributed by atoms with E-state index in [0.29, 0.717) is 19.3 Å². The predicted molar refractivity (Wildman–Crippen MR) is 198 cm³/mol. The SMILES string of the molecule is CCCCC[C@@H](O)/C=C/[C@@H]1[C@H](C/C=C\CC(=O)OC[C@H](O)COC(=O)CCCCCCCCCCCCCCCCC(C)C)[C@@H](O)C[C@H]1O. The number of carbonyl (C=O) groups is 2. The van der Waals surface area contributed by atoms with Crippen LogP contribution in [0.3, 0.4) is 0 Å². The molecule has 1 fully saturated rings. The van der Waals surface area contributed by atoms with Gasteiger partial charge in [-0.3, -0.25) is 9.59 Å². The first-order valence-corrected chi connectivity index (χ1v) is 20.0. The molecule has 1 aliphatic carbocycles. The van der Waals surface area contributed by atoms with Crippen molar-refractivity contribution in [1.29, 1.82) is 0 Å². The molecule has 0 amide bonds. The average Bonchev–Trinajstić information content (AvgIpc) is 3.34. The van der Waals surface area contributed by atoms with Gasteiger partial charge in [-0.1, -0.05) is 154 Å². The van der Waals surface area contributed by atoms with E-state index in [4.69, 9.17) is 9.47 Å². The molecule has 4 N–H and O–H groups in total. The molecule has 8 heteroatoms. The summed E-state index contributed by atoms with van der Waals surface area (Å²) in [6.07, 6.45) is 27.9. The Morgan fingerprint density at radius 1 is 0.694 bits per heavy atom. The Labute approximate surface area is 299 Å². The summed E-state index contributed by atoms with van der Waals surface area (Å²) in [4.78, 5) is 24.1. The van der Waals surface area contributed by atoms with Crippen LogP contribution in [0.4, 0.5) is 0 Å². The number of hydrogen-bond donors (Lipinski definition) is 4. The lowest BCUT2D eigenvalue weighted by Gasteiger charge is -2.19. The number of hydrogen-bond acceptors (Lipinski definition) is 8. The van der Waals surface area contributed by atoms with E-state index in [1.165, 1.54) is 77.0 Å². The molecule has 0 heterocycles. The van der Waals surface area contributed by atoms with Gasteiger partial charge in [-0.2, -0.15) is 0 Å². The van der Waals surface area contributed by atoms with E-state index < -0.39 is 30.4 Å². The van der Waals surface area contributed by atoms with Crippen molar-refractivity contribution in [2.24, 2.45) is 17.8 Å². The molecule has 0 aliphatic heterocycles. The molecule has 49 heavy (non-hydrogen) atoms. The minimum atomic E-state index is -1.08. The number of rotatable bonds is 31. The van der Waals surface area contributed by atoms with Crippen LogP contribution in [0.1, 0.15) is 168 Å². The highest BCUT2D eigenvalue weighted by atomic mass is 16.6. The lowest BCUT2D eigenvalue weighted by atomic mass is 9.89. The molecule has 0 aromatic heterocycles. The van der Waals surface area contributed by atoms with Gasteiger partial charge in [0.05, 0.1) is 24.7 Å². The zero-order valence-electron chi connectivity index (χ0n) is 31.5. The van der Waals surface area contributed by atoms with Crippen LogP contribution in [0.25, 0.3) is 0 Å². The van der Waals surface area contributed by atoms with Crippen LogP contribution in [-0.4, -0.2) is 70.0 Å². The summed E-state index contributed by atoms with van der Waals surface area (Å²) in [6, 6.07) is 0. The predicted octanol–water partition coefficient (Wildman–Crippen LogP) is 8.52. The maximum atomic E-state index is 12.1. The zero-order valence-corrected chi connectivity index (χ0v) is 31.5. The van der Waals surface area contributed by atoms with E-state index in [9.17, 15) is 30.0 Å². The molecular weight excluding hydrogens is 620 g/mol. The number of aliphatic hydroxyl groups excluding tert-OH is 4. The summed E-state index contributed by atoms with van der Waals surface area (Å²) >= 11 is 0. The van der Waals surface area contributed by atoms with Gasteiger partial charge >= 0.3 is 11.9 Å². The normalized spacial score (nSPS) is 20.8. The summed E-state index contributed by atoms with van der Waals surface area (Å²) in [5.41, 5.74) is 0. The van der Waals surface area contributed by atoms with Crippen molar-refractivity contribution in [3.63, 3.8) is 0 Å². The highest BCUT2D eigenvalue weighted by molar-refractivity contribution is 5.71. The van der Waals surface area contributed by atoms with Crippen molar-refractivity contribution in [3.05, 3.63) is 24.3 Å². The highest BCUT2D eigenvalue weighted by Gasteiger charge is 2.39. The number of aliphatic hydroxyl groups is 4. The van der Waals surface area contributed by atoms with Gasteiger partial charge < -0.3 is 29.9 Å². The Morgan fingerprint density at radius 2 is 1.22 bits per heavy atom. The molecule has 0 radical (unpaired) electrons. The fourth-order valence-corrected chi connectivity index (χ4v) is 6.60. The first kappa shape index (κ1) is 45.3. The van der Waals surface area contributed by atoms with Crippen LogP contribution in [0, 0.1) is 17.8 Å². The molecule has 0 aromatic carbocycles. The molecule has 8 nitrogen and oxygen atoms in total. The van der Waals surface area contributed by atoms with Gasteiger partial charge in [-0.15, -0.1) is 0 Å². The molecule has 1 saturated carbocycles. The van der Waals surface area contributed by atoms with Gasteiger partial charge in [0.15, 0.2) is 0 Å². The van der Waals surface area contributed by atoms with Gasteiger partial charge in [0.2, 0.25) is 0 Å². The molecule has 6 atom stereocenters. The molecule has 0 saturated heterocycles. The summed E-state index contributed by atoms with van der Waals surface area (Å²) in [6.45, 7) is 6.27. The van der Waals surface area contributed by atoms with Crippen LogP contribution >= 0.6 is 0 Å². The molecule has 0 bridgehead atoms. The molecule has 0 spiro atoms. The van der Waals surface area contributed by atoms with Crippen LogP contribution < -0.4 is 0 Å². The van der Waals surface area contributed by atoms with Crippen LogP contribution in [0.5, 0.6) is 0 Å². The van der Waals surface area contributed by atoms with Crippen molar-refractivity contribution in [2.45, 2.75) is 193 Å². The standard InChI is InChI=1S/C41H74O8/c1-4-5-18-24-34(42)28-29-37-36(38(44)30-39(37)45)25-21-22-27-41(47)49-32-35(43)31-48-40(46)26-20-17-15-13-11-9-7-6-8-10-12-14-16-19-23-33(2)3/h21-22,28-29,33-39,42-45H,4-20,23-27,30-32H2,1-3H3/b22-21-,29-28+/t34-,35-,36+,37-,38+,39-/m1/s1. The number of carbonyl (C=O) groups excluding carboxylic acids is 2. The van der Waals surface area contributed by atoms with Crippen molar-refractivity contribution >= 4 is 11.9 Å². The molecule has 0 unspecified atom stereocenters. The van der Waals surface area contributed by atoms with Crippen LogP contribution in [-0.2, 0) is 19.1 Å².